The molecule has 0 bridgehead atoms. The van der Waals surface area contributed by atoms with Crippen molar-refractivity contribution < 1.29 is 13.2 Å². The topological polar surface area (TPSA) is 29.9 Å². The van der Waals surface area contributed by atoms with Crippen molar-refractivity contribution in [3.05, 3.63) is 42.2 Å². The first-order valence-electron chi connectivity index (χ1n) is 4.91. The number of nitrogens with one attached hydrogen (secondary N) is 1. The summed E-state index contributed by atoms with van der Waals surface area (Å²) in [5, 5.41) is 6.61. The van der Waals surface area contributed by atoms with Crippen LogP contribution in [-0.2, 0) is 6.18 Å². The molecule has 0 aliphatic heterocycles. The van der Waals surface area contributed by atoms with Gasteiger partial charge in [-0.05, 0) is 24.3 Å². The molecule has 1 N–H and O–H groups in total. The Morgan fingerprint density at radius 3 is 2.29 bits per heavy atom. The van der Waals surface area contributed by atoms with Gasteiger partial charge >= 0.3 is 6.18 Å². The van der Waals surface area contributed by atoms with Gasteiger partial charge in [0.15, 0.2) is 0 Å². The van der Waals surface area contributed by atoms with Gasteiger partial charge in [0.05, 0.1) is 17.4 Å². The van der Waals surface area contributed by atoms with Crippen molar-refractivity contribution in [1.29, 1.82) is 0 Å². The lowest BCUT2D eigenvalue weighted by molar-refractivity contribution is -0.137. The van der Waals surface area contributed by atoms with Crippen LogP contribution in [0.3, 0.4) is 0 Å². The second-order valence-corrected chi connectivity index (χ2v) is 3.47. The van der Waals surface area contributed by atoms with Crippen LogP contribution < -0.4 is 5.32 Å². The van der Waals surface area contributed by atoms with E-state index < -0.39 is 11.7 Å². The number of hydrogen-bond donors (Lipinski definition) is 1. The predicted molar refractivity (Wildman–Crippen MR) is 58.1 cm³/mol. The first-order chi connectivity index (χ1) is 8.00. The lowest BCUT2D eigenvalue weighted by atomic mass is 10.3. The molecule has 6 heteroatoms. The van der Waals surface area contributed by atoms with Crippen molar-refractivity contribution in [2.75, 3.05) is 12.4 Å². The van der Waals surface area contributed by atoms with Crippen LogP contribution in [0.1, 0.15) is 5.56 Å². The van der Waals surface area contributed by atoms with Crippen LogP contribution in [0.2, 0.25) is 0 Å². The van der Waals surface area contributed by atoms with Crippen molar-refractivity contribution in [3.8, 4) is 5.69 Å². The molecule has 0 unspecified atom stereocenters. The Morgan fingerprint density at radius 1 is 1.18 bits per heavy atom. The van der Waals surface area contributed by atoms with Crippen molar-refractivity contribution in [1.82, 2.24) is 9.78 Å². The van der Waals surface area contributed by atoms with Gasteiger partial charge < -0.3 is 5.32 Å². The van der Waals surface area contributed by atoms with E-state index in [1.54, 1.807) is 31.3 Å². The van der Waals surface area contributed by atoms with E-state index >= 15 is 0 Å². The maximum Gasteiger partial charge on any atom is 0.419 e. The zero-order valence-corrected chi connectivity index (χ0v) is 8.99. The summed E-state index contributed by atoms with van der Waals surface area (Å²) in [5.74, 6) is 0. The Labute approximate surface area is 95.9 Å². The van der Waals surface area contributed by atoms with Gasteiger partial charge in [0, 0.05) is 18.9 Å². The molecule has 0 atom stereocenters. The molecule has 0 aliphatic carbocycles. The maximum absolute atomic E-state index is 12.4. The average Bonchev–Trinajstić information content (AvgIpc) is 2.78. The van der Waals surface area contributed by atoms with E-state index in [-0.39, 0.29) is 0 Å². The minimum Gasteiger partial charge on any atom is -0.388 e. The number of hydrogen-bond acceptors (Lipinski definition) is 2. The Kier molecular flexibility index (Phi) is 2.79. The molecular formula is C11H10F3N3. The highest BCUT2D eigenvalue weighted by atomic mass is 19.4. The summed E-state index contributed by atoms with van der Waals surface area (Å²) in [7, 11) is 1.77. The largest absolute Gasteiger partial charge is 0.419 e. The van der Waals surface area contributed by atoms with Gasteiger partial charge in [0.25, 0.3) is 0 Å². The number of alkyl halides is 3. The molecule has 17 heavy (non-hydrogen) atoms. The zero-order valence-electron chi connectivity index (χ0n) is 8.99. The minimum absolute atomic E-state index is 0.583. The summed E-state index contributed by atoms with van der Waals surface area (Å²) in [5.41, 5.74) is 0.714. The van der Waals surface area contributed by atoms with Gasteiger partial charge in [-0.15, -0.1) is 0 Å². The second-order valence-electron chi connectivity index (χ2n) is 3.47. The molecular weight excluding hydrogens is 231 g/mol. The van der Waals surface area contributed by atoms with Gasteiger partial charge in [0.2, 0.25) is 0 Å². The third kappa shape index (κ3) is 2.41. The summed E-state index contributed by atoms with van der Waals surface area (Å²) in [4.78, 5) is 0. The molecule has 2 aromatic rings. The van der Waals surface area contributed by atoms with Crippen LogP contribution in [0.15, 0.2) is 36.7 Å². The summed E-state index contributed by atoms with van der Waals surface area (Å²) >= 11 is 0. The van der Waals surface area contributed by atoms with Gasteiger partial charge in [0.1, 0.15) is 0 Å². The smallest absolute Gasteiger partial charge is 0.388 e. The number of anilines is 1. The van der Waals surface area contributed by atoms with Crippen LogP contribution >= 0.6 is 0 Å². The SMILES string of the molecule is CNc1ccc(-n2cc(C(F)(F)F)cn2)cc1. The summed E-state index contributed by atoms with van der Waals surface area (Å²) in [6.45, 7) is 0. The fourth-order valence-corrected chi connectivity index (χ4v) is 1.39. The third-order valence-corrected chi connectivity index (χ3v) is 2.33. The quantitative estimate of drug-likeness (QED) is 0.876. The molecule has 0 fully saturated rings. The lowest BCUT2D eigenvalue weighted by Gasteiger charge is -2.04. The number of benzene rings is 1. The van der Waals surface area contributed by atoms with E-state index in [0.717, 1.165) is 18.1 Å². The van der Waals surface area contributed by atoms with Crippen molar-refractivity contribution in [2.24, 2.45) is 0 Å². The Balaban J connectivity index is 2.30. The Morgan fingerprint density at radius 2 is 1.82 bits per heavy atom. The molecule has 0 saturated heterocycles. The lowest BCUT2D eigenvalue weighted by Crippen LogP contribution is -2.03. The first kappa shape index (κ1) is 11.5. The molecule has 1 aromatic carbocycles. The highest BCUT2D eigenvalue weighted by Crippen LogP contribution is 2.29. The highest BCUT2D eigenvalue weighted by Gasteiger charge is 2.32. The molecule has 3 nitrogen and oxygen atoms in total. The number of halogens is 3. The van der Waals surface area contributed by atoms with Crippen molar-refractivity contribution in [2.45, 2.75) is 6.18 Å². The van der Waals surface area contributed by atoms with Crippen LogP contribution in [0, 0.1) is 0 Å². The second kappa shape index (κ2) is 4.12. The van der Waals surface area contributed by atoms with Gasteiger partial charge in [-0.2, -0.15) is 18.3 Å². The van der Waals surface area contributed by atoms with E-state index in [4.69, 9.17) is 0 Å². The fourth-order valence-electron chi connectivity index (χ4n) is 1.39. The molecule has 90 valence electrons. The fraction of sp³-hybridized carbons (Fsp3) is 0.182. The van der Waals surface area contributed by atoms with Crippen LogP contribution in [0.4, 0.5) is 18.9 Å². The van der Waals surface area contributed by atoms with E-state index in [1.807, 2.05) is 0 Å². The monoisotopic (exact) mass is 241 g/mol. The molecule has 0 spiro atoms. The van der Waals surface area contributed by atoms with E-state index in [2.05, 4.69) is 10.4 Å². The van der Waals surface area contributed by atoms with E-state index in [9.17, 15) is 13.2 Å². The third-order valence-electron chi connectivity index (χ3n) is 2.33. The van der Waals surface area contributed by atoms with E-state index in [1.165, 1.54) is 4.68 Å². The summed E-state index contributed by atoms with van der Waals surface area (Å²) < 4.78 is 38.3. The summed E-state index contributed by atoms with van der Waals surface area (Å²) in [6.07, 6.45) is -2.58. The number of aromatic nitrogens is 2. The highest BCUT2D eigenvalue weighted by molar-refractivity contribution is 5.48. The normalized spacial score (nSPS) is 11.5. The first-order valence-corrected chi connectivity index (χ1v) is 4.91. The van der Waals surface area contributed by atoms with Gasteiger partial charge in [-0.3, -0.25) is 0 Å². The molecule has 2 rings (SSSR count). The molecule has 0 saturated carbocycles. The number of rotatable bonds is 2. The number of nitrogens with zero attached hydrogens (tertiary/aromatic N) is 2. The molecule has 1 aromatic heterocycles. The zero-order chi connectivity index (χ0) is 12.5. The molecule has 0 radical (unpaired) electrons. The molecule has 0 aliphatic rings. The summed E-state index contributed by atoms with van der Waals surface area (Å²) in [6, 6.07) is 6.92. The minimum atomic E-state index is -4.36. The molecule has 1 heterocycles. The Hall–Kier alpha value is -1.98. The average molecular weight is 241 g/mol. The van der Waals surface area contributed by atoms with Crippen LogP contribution in [0.5, 0.6) is 0 Å². The van der Waals surface area contributed by atoms with Crippen LogP contribution in [0.25, 0.3) is 5.69 Å². The maximum atomic E-state index is 12.4. The van der Waals surface area contributed by atoms with Gasteiger partial charge in [-0.1, -0.05) is 0 Å². The van der Waals surface area contributed by atoms with Gasteiger partial charge in [-0.25, -0.2) is 4.68 Å². The van der Waals surface area contributed by atoms with Crippen molar-refractivity contribution in [3.63, 3.8) is 0 Å². The standard InChI is InChI=1S/C11H10F3N3/c1-15-9-2-4-10(5-3-9)17-7-8(6-16-17)11(12,13)14/h2-7,15H,1H3. The predicted octanol–water partition coefficient (Wildman–Crippen LogP) is 2.93. The van der Waals surface area contributed by atoms with E-state index in [0.29, 0.717) is 5.69 Å². The molecule has 0 amide bonds. The Bertz CT molecular complexity index is 499. The van der Waals surface area contributed by atoms with Crippen LogP contribution in [-0.4, -0.2) is 16.8 Å². The van der Waals surface area contributed by atoms with Crippen molar-refractivity contribution >= 4 is 5.69 Å².